The molecule has 128 valence electrons. The molecule has 1 fully saturated rings. The monoisotopic (exact) mass is 329 g/mol. The van der Waals surface area contributed by atoms with Crippen LogP contribution < -0.4 is 0 Å². The number of rotatable bonds is 6. The Morgan fingerprint density at radius 1 is 1.04 bits per heavy atom. The van der Waals surface area contributed by atoms with Crippen LogP contribution in [-0.4, -0.2) is 72.2 Å². The van der Waals surface area contributed by atoms with Gasteiger partial charge in [-0.05, 0) is 38.1 Å². The number of amides is 3. The van der Waals surface area contributed by atoms with Crippen LogP contribution in [0, 0.1) is 0 Å². The molecule has 3 amide bonds. The van der Waals surface area contributed by atoms with Crippen LogP contribution >= 0.6 is 0 Å². The van der Waals surface area contributed by atoms with E-state index in [-0.39, 0.29) is 30.7 Å². The van der Waals surface area contributed by atoms with Crippen molar-refractivity contribution in [3.05, 3.63) is 35.4 Å². The van der Waals surface area contributed by atoms with Crippen LogP contribution in [0.1, 0.15) is 40.0 Å². The lowest BCUT2D eigenvalue weighted by Gasteiger charge is -2.22. The summed E-state index contributed by atoms with van der Waals surface area (Å²) >= 11 is 0. The van der Waals surface area contributed by atoms with Crippen molar-refractivity contribution in [3.63, 3.8) is 0 Å². The Morgan fingerprint density at radius 3 is 2.21 bits per heavy atom. The molecule has 0 spiro atoms. The highest BCUT2D eigenvalue weighted by Crippen LogP contribution is 2.22. The molecule has 0 saturated carbocycles. The maximum absolute atomic E-state index is 12.3. The number of benzene rings is 1. The van der Waals surface area contributed by atoms with E-state index in [0.29, 0.717) is 17.7 Å². The summed E-state index contributed by atoms with van der Waals surface area (Å²) in [6.07, 6.45) is 2.64. The largest absolute Gasteiger partial charge is 0.344 e. The number of hydrogen-bond donors (Lipinski definition) is 0. The van der Waals surface area contributed by atoms with Crippen molar-refractivity contribution < 1.29 is 14.4 Å². The summed E-state index contributed by atoms with van der Waals surface area (Å²) in [5, 5.41) is 0. The molecule has 0 N–H and O–H groups in total. The maximum Gasteiger partial charge on any atom is 0.261 e. The normalized spacial score (nSPS) is 17.5. The molecule has 24 heavy (non-hydrogen) atoms. The van der Waals surface area contributed by atoms with Gasteiger partial charge in [0.15, 0.2) is 0 Å². The zero-order valence-electron chi connectivity index (χ0n) is 14.0. The van der Waals surface area contributed by atoms with E-state index >= 15 is 0 Å². The summed E-state index contributed by atoms with van der Waals surface area (Å²) in [6.45, 7) is 3.92. The number of carbonyl (C=O) groups is 3. The standard InChI is InChI=1S/C18H23N3O3/c1-19(12-13-20-9-4-5-10-20)16(22)8-11-21-17(23)14-6-2-3-7-15(14)18(21)24/h2-3,6-7H,4-5,8-13H2,1H3. The van der Waals surface area contributed by atoms with Crippen LogP contribution in [0.2, 0.25) is 0 Å². The summed E-state index contributed by atoms with van der Waals surface area (Å²) in [6, 6.07) is 6.79. The number of hydrogen-bond acceptors (Lipinski definition) is 4. The molecule has 0 atom stereocenters. The number of likely N-dealkylation sites (tertiary alicyclic amines) is 1. The molecule has 1 saturated heterocycles. The molecule has 2 heterocycles. The van der Waals surface area contributed by atoms with Crippen LogP contribution in [0.3, 0.4) is 0 Å². The Kier molecular flexibility index (Phi) is 4.94. The van der Waals surface area contributed by atoms with Gasteiger partial charge in [-0.25, -0.2) is 0 Å². The van der Waals surface area contributed by atoms with Crippen molar-refractivity contribution >= 4 is 17.7 Å². The highest BCUT2D eigenvalue weighted by Gasteiger charge is 2.35. The van der Waals surface area contributed by atoms with Gasteiger partial charge < -0.3 is 9.80 Å². The predicted octanol–water partition coefficient (Wildman–Crippen LogP) is 1.23. The van der Waals surface area contributed by atoms with E-state index in [1.807, 2.05) is 0 Å². The highest BCUT2D eigenvalue weighted by atomic mass is 16.2. The molecule has 2 aliphatic rings. The van der Waals surface area contributed by atoms with Crippen molar-refractivity contribution in [2.24, 2.45) is 0 Å². The second-order valence-electron chi connectivity index (χ2n) is 6.42. The zero-order valence-corrected chi connectivity index (χ0v) is 14.0. The minimum atomic E-state index is -0.303. The molecule has 0 aromatic heterocycles. The number of fused-ring (bicyclic) bond motifs is 1. The van der Waals surface area contributed by atoms with Gasteiger partial charge in [0.05, 0.1) is 11.1 Å². The fourth-order valence-electron chi connectivity index (χ4n) is 3.26. The molecule has 1 aromatic rings. The zero-order chi connectivity index (χ0) is 17.1. The summed E-state index contributed by atoms with van der Waals surface area (Å²) in [5.41, 5.74) is 0.856. The second kappa shape index (κ2) is 7.13. The summed E-state index contributed by atoms with van der Waals surface area (Å²) < 4.78 is 0. The van der Waals surface area contributed by atoms with E-state index in [4.69, 9.17) is 0 Å². The summed E-state index contributed by atoms with van der Waals surface area (Å²) in [4.78, 5) is 42.0. The number of imide groups is 1. The van der Waals surface area contributed by atoms with E-state index in [9.17, 15) is 14.4 Å². The first-order chi connectivity index (χ1) is 11.6. The highest BCUT2D eigenvalue weighted by molar-refractivity contribution is 6.21. The Labute approximate surface area is 142 Å². The third kappa shape index (κ3) is 3.33. The van der Waals surface area contributed by atoms with Gasteiger partial charge in [0.25, 0.3) is 11.8 Å². The van der Waals surface area contributed by atoms with Gasteiger partial charge in [-0.3, -0.25) is 19.3 Å². The third-order valence-electron chi connectivity index (χ3n) is 4.80. The minimum Gasteiger partial charge on any atom is -0.344 e. The van der Waals surface area contributed by atoms with Crippen molar-refractivity contribution in [2.75, 3.05) is 39.8 Å². The van der Waals surface area contributed by atoms with Crippen LogP contribution in [0.5, 0.6) is 0 Å². The van der Waals surface area contributed by atoms with E-state index in [1.165, 1.54) is 17.7 Å². The topological polar surface area (TPSA) is 60.9 Å². The molecular weight excluding hydrogens is 306 g/mol. The van der Waals surface area contributed by atoms with Crippen molar-refractivity contribution in [1.82, 2.24) is 14.7 Å². The van der Waals surface area contributed by atoms with Gasteiger partial charge in [-0.1, -0.05) is 12.1 Å². The SMILES string of the molecule is CN(CCN1CCCC1)C(=O)CCN1C(=O)c2ccccc2C1=O. The molecule has 6 nitrogen and oxygen atoms in total. The van der Waals surface area contributed by atoms with E-state index in [1.54, 1.807) is 36.2 Å². The first kappa shape index (κ1) is 16.6. The predicted molar refractivity (Wildman–Crippen MR) is 89.7 cm³/mol. The second-order valence-corrected chi connectivity index (χ2v) is 6.42. The molecule has 0 radical (unpaired) electrons. The Morgan fingerprint density at radius 2 is 1.62 bits per heavy atom. The van der Waals surface area contributed by atoms with Crippen LogP contribution in [0.15, 0.2) is 24.3 Å². The van der Waals surface area contributed by atoms with Crippen LogP contribution in [0.25, 0.3) is 0 Å². The molecule has 3 rings (SSSR count). The quantitative estimate of drug-likeness (QED) is 0.737. The Hall–Kier alpha value is -2.21. The lowest BCUT2D eigenvalue weighted by atomic mass is 10.1. The van der Waals surface area contributed by atoms with Crippen molar-refractivity contribution in [2.45, 2.75) is 19.3 Å². The maximum atomic E-state index is 12.3. The Bertz CT molecular complexity index is 618. The number of nitrogens with zero attached hydrogens (tertiary/aromatic N) is 3. The first-order valence-electron chi connectivity index (χ1n) is 8.49. The lowest BCUT2D eigenvalue weighted by Crippen LogP contribution is -2.38. The van der Waals surface area contributed by atoms with E-state index < -0.39 is 0 Å². The molecule has 6 heteroatoms. The van der Waals surface area contributed by atoms with Gasteiger partial charge in [0.1, 0.15) is 0 Å². The molecule has 1 aromatic carbocycles. The third-order valence-corrected chi connectivity index (χ3v) is 4.80. The summed E-state index contributed by atoms with van der Waals surface area (Å²) in [7, 11) is 1.78. The fourth-order valence-corrected chi connectivity index (χ4v) is 3.26. The molecule has 2 aliphatic heterocycles. The fraction of sp³-hybridized carbons (Fsp3) is 0.500. The lowest BCUT2D eigenvalue weighted by molar-refractivity contribution is -0.130. The number of carbonyl (C=O) groups excluding carboxylic acids is 3. The molecular formula is C18H23N3O3. The number of likely N-dealkylation sites (N-methyl/N-ethyl adjacent to an activating group) is 1. The molecule has 0 aliphatic carbocycles. The van der Waals surface area contributed by atoms with Crippen molar-refractivity contribution in [3.8, 4) is 0 Å². The smallest absolute Gasteiger partial charge is 0.261 e. The summed E-state index contributed by atoms with van der Waals surface area (Å²) in [5.74, 6) is -0.642. The van der Waals surface area contributed by atoms with E-state index in [0.717, 1.165) is 19.6 Å². The van der Waals surface area contributed by atoms with Gasteiger partial charge in [0, 0.05) is 33.1 Å². The van der Waals surface area contributed by atoms with Crippen LogP contribution in [-0.2, 0) is 4.79 Å². The van der Waals surface area contributed by atoms with Gasteiger partial charge in [-0.15, -0.1) is 0 Å². The van der Waals surface area contributed by atoms with Crippen LogP contribution in [0.4, 0.5) is 0 Å². The van der Waals surface area contributed by atoms with Gasteiger partial charge in [0.2, 0.25) is 5.91 Å². The van der Waals surface area contributed by atoms with Gasteiger partial charge in [-0.2, -0.15) is 0 Å². The average molecular weight is 329 g/mol. The van der Waals surface area contributed by atoms with E-state index in [2.05, 4.69) is 4.90 Å². The minimum absolute atomic E-state index is 0.0363. The first-order valence-corrected chi connectivity index (χ1v) is 8.49. The van der Waals surface area contributed by atoms with Gasteiger partial charge >= 0.3 is 0 Å². The average Bonchev–Trinajstić information content (AvgIpc) is 3.19. The molecule has 0 unspecified atom stereocenters. The van der Waals surface area contributed by atoms with Crippen molar-refractivity contribution in [1.29, 1.82) is 0 Å². The molecule has 0 bridgehead atoms. The Balaban J connectivity index is 1.49.